The van der Waals surface area contributed by atoms with Gasteiger partial charge in [0.15, 0.2) is 0 Å². The number of aryl methyl sites for hydroxylation is 2. The van der Waals surface area contributed by atoms with Crippen molar-refractivity contribution in [2.75, 3.05) is 13.1 Å². The highest BCUT2D eigenvalue weighted by Crippen LogP contribution is 2.09. The summed E-state index contributed by atoms with van der Waals surface area (Å²) in [5.41, 5.74) is 3.03. The molecule has 1 heterocycles. The lowest BCUT2D eigenvalue weighted by Gasteiger charge is -2.28. The van der Waals surface area contributed by atoms with E-state index in [-0.39, 0.29) is 5.91 Å². The smallest absolute Gasteiger partial charge is 0.251 e. The van der Waals surface area contributed by atoms with Crippen LogP contribution >= 0.6 is 0 Å². The Labute approximate surface area is 89.9 Å². The number of carbonyl (C=O) groups is 1. The highest BCUT2D eigenvalue weighted by atomic mass is 16.1. The first-order valence-electron chi connectivity index (χ1n) is 5.25. The Morgan fingerprint density at radius 3 is 2.33 bits per heavy atom. The molecule has 1 aromatic rings. The second-order valence-corrected chi connectivity index (χ2v) is 4.21. The van der Waals surface area contributed by atoms with Gasteiger partial charge in [0.2, 0.25) is 0 Å². The summed E-state index contributed by atoms with van der Waals surface area (Å²) in [5, 5.41) is 6.11. The molecule has 1 aromatic carbocycles. The Morgan fingerprint density at radius 1 is 1.27 bits per heavy atom. The second-order valence-electron chi connectivity index (χ2n) is 4.21. The Balaban J connectivity index is 2.10. The summed E-state index contributed by atoms with van der Waals surface area (Å²) in [7, 11) is 0. The minimum absolute atomic E-state index is 0.0355. The summed E-state index contributed by atoms with van der Waals surface area (Å²) in [5.74, 6) is 0.0355. The molecule has 0 atom stereocenters. The van der Waals surface area contributed by atoms with Crippen molar-refractivity contribution in [3.63, 3.8) is 0 Å². The van der Waals surface area contributed by atoms with E-state index >= 15 is 0 Å². The lowest BCUT2D eigenvalue weighted by Crippen LogP contribution is -2.56. The van der Waals surface area contributed by atoms with E-state index in [1.807, 2.05) is 26.0 Å². The van der Waals surface area contributed by atoms with Gasteiger partial charge < -0.3 is 10.6 Å². The van der Waals surface area contributed by atoms with Crippen LogP contribution < -0.4 is 10.6 Å². The Hall–Kier alpha value is -1.35. The zero-order valence-electron chi connectivity index (χ0n) is 9.13. The molecule has 3 heteroatoms. The van der Waals surface area contributed by atoms with Crippen LogP contribution in [0.1, 0.15) is 21.5 Å². The number of carbonyl (C=O) groups excluding carboxylic acids is 1. The van der Waals surface area contributed by atoms with Crippen LogP contribution in [0.15, 0.2) is 18.2 Å². The third-order valence-corrected chi connectivity index (χ3v) is 2.60. The molecule has 0 bridgehead atoms. The minimum Gasteiger partial charge on any atom is -0.347 e. The third-order valence-electron chi connectivity index (χ3n) is 2.60. The van der Waals surface area contributed by atoms with Crippen LogP contribution in [0.3, 0.4) is 0 Å². The van der Waals surface area contributed by atoms with Gasteiger partial charge in [-0.05, 0) is 26.0 Å². The van der Waals surface area contributed by atoms with Crippen molar-refractivity contribution in [3.8, 4) is 0 Å². The van der Waals surface area contributed by atoms with Crippen molar-refractivity contribution < 1.29 is 4.79 Å². The maximum atomic E-state index is 11.8. The van der Waals surface area contributed by atoms with Crippen LogP contribution in [0.2, 0.25) is 0 Å². The molecule has 1 amide bonds. The van der Waals surface area contributed by atoms with E-state index in [0.717, 1.165) is 29.8 Å². The van der Waals surface area contributed by atoms with Crippen molar-refractivity contribution in [1.29, 1.82) is 0 Å². The van der Waals surface area contributed by atoms with Crippen molar-refractivity contribution >= 4 is 5.91 Å². The first kappa shape index (κ1) is 10.2. The number of amides is 1. The van der Waals surface area contributed by atoms with E-state index in [1.54, 1.807) is 0 Å². The molecule has 0 spiro atoms. The summed E-state index contributed by atoms with van der Waals surface area (Å²) >= 11 is 0. The summed E-state index contributed by atoms with van der Waals surface area (Å²) in [6.07, 6.45) is 0. The highest BCUT2D eigenvalue weighted by Gasteiger charge is 2.19. The average molecular weight is 204 g/mol. The normalized spacial score (nSPS) is 15.9. The zero-order chi connectivity index (χ0) is 10.8. The molecular formula is C12H16N2O. The van der Waals surface area contributed by atoms with Crippen LogP contribution in [0.5, 0.6) is 0 Å². The quantitative estimate of drug-likeness (QED) is 0.754. The summed E-state index contributed by atoms with van der Waals surface area (Å²) in [6.45, 7) is 5.79. The largest absolute Gasteiger partial charge is 0.347 e. The molecule has 15 heavy (non-hydrogen) atoms. The van der Waals surface area contributed by atoms with E-state index in [4.69, 9.17) is 0 Å². The number of hydrogen-bond donors (Lipinski definition) is 2. The Kier molecular flexibility index (Phi) is 2.73. The number of rotatable bonds is 2. The topological polar surface area (TPSA) is 41.1 Å². The molecule has 0 saturated carbocycles. The molecule has 2 N–H and O–H groups in total. The van der Waals surface area contributed by atoms with Crippen molar-refractivity contribution in [3.05, 3.63) is 34.9 Å². The maximum absolute atomic E-state index is 11.8. The first-order chi connectivity index (χ1) is 7.15. The standard InChI is InChI=1S/C12H16N2O/c1-8-3-9(2)5-10(4-8)12(15)14-11-6-13-7-11/h3-5,11,13H,6-7H2,1-2H3,(H,14,15). The number of benzene rings is 1. The molecule has 0 radical (unpaired) electrons. The van der Waals surface area contributed by atoms with Crippen LogP contribution in [0.25, 0.3) is 0 Å². The van der Waals surface area contributed by atoms with E-state index in [9.17, 15) is 4.79 Å². The van der Waals surface area contributed by atoms with Crippen molar-refractivity contribution in [2.45, 2.75) is 19.9 Å². The Bertz CT molecular complexity index is 363. The second kappa shape index (κ2) is 4.03. The van der Waals surface area contributed by atoms with Crippen LogP contribution in [-0.4, -0.2) is 25.0 Å². The predicted molar refractivity (Wildman–Crippen MR) is 60.0 cm³/mol. The average Bonchev–Trinajstić information content (AvgIpc) is 2.09. The summed E-state index contributed by atoms with van der Waals surface area (Å²) in [4.78, 5) is 11.8. The van der Waals surface area contributed by atoms with Gasteiger partial charge in [0.25, 0.3) is 5.91 Å². The third kappa shape index (κ3) is 2.36. The summed E-state index contributed by atoms with van der Waals surface area (Å²) < 4.78 is 0. The zero-order valence-corrected chi connectivity index (χ0v) is 9.13. The lowest BCUT2D eigenvalue weighted by atomic mass is 10.1. The molecule has 1 aliphatic rings. The van der Waals surface area contributed by atoms with Gasteiger partial charge in [-0.1, -0.05) is 17.2 Å². The van der Waals surface area contributed by atoms with Gasteiger partial charge in [0.05, 0.1) is 6.04 Å². The highest BCUT2D eigenvalue weighted by molar-refractivity contribution is 5.94. The van der Waals surface area contributed by atoms with Crippen LogP contribution in [0.4, 0.5) is 0 Å². The van der Waals surface area contributed by atoms with Gasteiger partial charge in [-0.2, -0.15) is 0 Å². The van der Waals surface area contributed by atoms with Crippen LogP contribution in [0, 0.1) is 13.8 Å². The Morgan fingerprint density at radius 2 is 1.87 bits per heavy atom. The fraction of sp³-hybridized carbons (Fsp3) is 0.417. The molecule has 1 aliphatic heterocycles. The monoisotopic (exact) mass is 204 g/mol. The molecule has 0 aliphatic carbocycles. The van der Waals surface area contributed by atoms with E-state index in [1.165, 1.54) is 0 Å². The molecule has 1 fully saturated rings. The predicted octanol–water partition coefficient (Wildman–Crippen LogP) is 1.01. The van der Waals surface area contributed by atoms with Gasteiger partial charge in [0.1, 0.15) is 0 Å². The fourth-order valence-corrected chi connectivity index (χ4v) is 1.77. The van der Waals surface area contributed by atoms with Gasteiger partial charge in [-0.25, -0.2) is 0 Å². The molecular weight excluding hydrogens is 188 g/mol. The number of nitrogens with one attached hydrogen (secondary N) is 2. The molecule has 1 saturated heterocycles. The van der Waals surface area contributed by atoms with E-state index < -0.39 is 0 Å². The SMILES string of the molecule is Cc1cc(C)cc(C(=O)NC2CNC2)c1. The van der Waals surface area contributed by atoms with Gasteiger partial charge in [0, 0.05) is 18.7 Å². The van der Waals surface area contributed by atoms with Gasteiger partial charge >= 0.3 is 0 Å². The van der Waals surface area contributed by atoms with E-state index in [0.29, 0.717) is 6.04 Å². The molecule has 3 nitrogen and oxygen atoms in total. The van der Waals surface area contributed by atoms with Crippen molar-refractivity contribution in [2.24, 2.45) is 0 Å². The molecule has 0 unspecified atom stereocenters. The lowest BCUT2D eigenvalue weighted by molar-refractivity contribution is 0.0924. The van der Waals surface area contributed by atoms with Gasteiger partial charge in [-0.3, -0.25) is 4.79 Å². The minimum atomic E-state index is 0.0355. The number of hydrogen-bond acceptors (Lipinski definition) is 2. The first-order valence-corrected chi connectivity index (χ1v) is 5.25. The van der Waals surface area contributed by atoms with Gasteiger partial charge in [-0.15, -0.1) is 0 Å². The summed E-state index contributed by atoms with van der Waals surface area (Å²) in [6, 6.07) is 6.23. The maximum Gasteiger partial charge on any atom is 0.251 e. The molecule has 80 valence electrons. The molecule has 2 rings (SSSR count). The molecule has 0 aromatic heterocycles. The van der Waals surface area contributed by atoms with Crippen molar-refractivity contribution in [1.82, 2.24) is 10.6 Å². The fourth-order valence-electron chi connectivity index (χ4n) is 1.77. The van der Waals surface area contributed by atoms with E-state index in [2.05, 4.69) is 16.7 Å². The van der Waals surface area contributed by atoms with Crippen LogP contribution in [-0.2, 0) is 0 Å².